The molecule has 0 saturated heterocycles. The van der Waals surface area contributed by atoms with Crippen molar-refractivity contribution in [2.45, 2.75) is 46.5 Å². The molecule has 0 spiro atoms. The van der Waals surface area contributed by atoms with E-state index in [1.807, 2.05) is 18.2 Å². The van der Waals surface area contributed by atoms with Gasteiger partial charge in [-0.2, -0.15) is 6.08 Å². The molecule has 1 N–H and O–H groups in total. The summed E-state index contributed by atoms with van der Waals surface area (Å²) in [6, 6.07) is 5.16. The summed E-state index contributed by atoms with van der Waals surface area (Å²) in [5.74, 6) is 0.229. The maximum Gasteiger partial charge on any atom is -0.109 e. The van der Waals surface area contributed by atoms with Gasteiger partial charge in [0.15, 0.2) is 0 Å². The molecule has 0 aliphatic heterocycles. The summed E-state index contributed by atoms with van der Waals surface area (Å²) in [7, 11) is 0. The van der Waals surface area contributed by atoms with Gasteiger partial charge in [0.1, 0.15) is 5.75 Å². The van der Waals surface area contributed by atoms with Crippen molar-refractivity contribution in [3.8, 4) is 5.75 Å². The van der Waals surface area contributed by atoms with Crippen LogP contribution in [0.3, 0.4) is 0 Å². The van der Waals surface area contributed by atoms with Crippen molar-refractivity contribution in [3.05, 3.63) is 53.1 Å². The fourth-order valence-corrected chi connectivity index (χ4v) is 1.58. The minimum atomic E-state index is 0. The molecule has 5 heteroatoms. The molecule has 0 amide bonds. The monoisotopic (exact) mass is 409 g/mol. The Kier molecular flexibility index (Phi) is 17.3. The van der Waals surface area contributed by atoms with Crippen molar-refractivity contribution in [2.75, 3.05) is 0 Å². The Bertz CT molecular complexity index is 483. The Labute approximate surface area is 169 Å². The Morgan fingerprint density at radius 3 is 1.96 bits per heavy atom. The average Bonchev–Trinajstić information content (AvgIpc) is 2.83. The molecule has 23 heavy (non-hydrogen) atoms. The van der Waals surface area contributed by atoms with Crippen LogP contribution in [0.25, 0.3) is 0 Å². The van der Waals surface area contributed by atoms with E-state index in [-0.39, 0.29) is 36.0 Å². The fourth-order valence-electron chi connectivity index (χ4n) is 1.35. The van der Waals surface area contributed by atoms with Gasteiger partial charge in [-0.3, -0.25) is 6.08 Å². The van der Waals surface area contributed by atoms with Crippen LogP contribution in [-0.2, 0) is 25.4 Å². The topological polar surface area (TPSA) is 20.2 Å². The van der Waals surface area contributed by atoms with Crippen molar-refractivity contribution >= 4 is 15.4 Å². The van der Waals surface area contributed by atoms with E-state index in [0.29, 0.717) is 5.02 Å². The second-order valence-corrected chi connectivity index (χ2v) is 7.95. The van der Waals surface area contributed by atoms with Crippen LogP contribution in [0, 0.1) is 6.08 Å². The third-order valence-electron chi connectivity index (χ3n) is 2.33. The first kappa shape index (κ1) is 27.8. The van der Waals surface area contributed by atoms with Crippen molar-refractivity contribution in [1.82, 2.24) is 0 Å². The maximum absolute atomic E-state index is 9.27. The zero-order valence-electron chi connectivity index (χ0n) is 14.3. The molecule has 1 aliphatic carbocycles. The number of benzene rings is 1. The van der Waals surface area contributed by atoms with E-state index in [4.69, 9.17) is 11.6 Å². The van der Waals surface area contributed by atoms with Gasteiger partial charge in [0.2, 0.25) is 0 Å². The zero-order valence-corrected chi connectivity index (χ0v) is 18.1. The summed E-state index contributed by atoms with van der Waals surface area (Å²) in [6.07, 6.45) is 10.0. The summed E-state index contributed by atoms with van der Waals surface area (Å²) in [5.41, 5.74) is 1.08. The smallest absolute Gasteiger partial charge is 0.109 e. The maximum atomic E-state index is 9.27. The largest absolute Gasteiger partial charge is 1.00 e. The van der Waals surface area contributed by atoms with E-state index >= 15 is 0 Å². The molecule has 0 radical (unpaired) electrons. The standard InChI is InChI=1S/C10H13ClO.C5H5.C3H6.2ClH.Ti/c1-10(2,3)7-4-8(11)6-9(12)5-7;1-2-4-5-3-1;1-3-2;;;/h4-6,12H,1-3H3;1-3H,4H2;1-2H3;2*1H;/q;-1;;;;+1/p-2. The predicted molar refractivity (Wildman–Crippen MR) is 89.7 cm³/mol. The van der Waals surface area contributed by atoms with Crippen LogP contribution in [0.5, 0.6) is 5.75 Å². The summed E-state index contributed by atoms with van der Waals surface area (Å²) >= 11 is 7.88. The Balaban J connectivity index is -0.000000305. The van der Waals surface area contributed by atoms with Crippen LogP contribution < -0.4 is 24.8 Å². The van der Waals surface area contributed by atoms with Gasteiger partial charge in [-0.1, -0.05) is 32.4 Å². The first-order valence-corrected chi connectivity index (χ1v) is 8.02. The van der Waals surface area contributed by atoms with E-state index in [2.05, 4.69) is 66.7 Å². The molecule has 1 nitrogen and oxygen atoms in total. The average molecular weight is 411 g/mol. The third kappa shape index (κ3) is 16.6. The number of phenols is 1. The molecule has 2 rings (SSSR count). The minimum absolute atomic E-state index is 0. The quantitative estimate of drug-likeness (QED) is 0.448. The summed E-state index contributed by atoms with van der Waals surface area (Å²) in [4.78, 5) is 0. The van der Waals surface area contributed by atoms with E-state index in [1.54, 1.807) is 6.07 Å². The molecule has 1 aliphatic rings. The molecular weight excluding hydrogens is 386 g/mol. The van der Waals surface area contributed by atoms with Gasteiger partial charge in [-0.05, 0) is 29.2 Å². The summed E-state index contributed by atoms with van der Waals surface area (Å²) in [5, 5.41) is 9.86. The molecule has 0 fully saturated rings. The minimum Gasteiger partial charge on any atom is -1.00 e. The molecule has 0 heterocycles. The fraction of sp³-hybridized carbons (Fsp3) is 0.389. The number of rotatable bonds is 0. The number of hydrogen-bond donors (Lipinski definition) is 1. The second kappa shape index (κ2) is 14.3. The Morgan fingerprint density at radius 1 is 1.17 bits per heavy atom. The van der Waals surface area contributed by atoms with Gasteiger partial charge in [0, 0.05) is 5.02 Å². The van der Waals surface area contributed by atoms with Crippen molar-refractivity contribution < 1.29 is 49.9 Å². The van der Waals surface area contributed by atoms with E-state index < -0.39 is 0 Å². The van der Waals surface area contributed by atoms with Crippen LogP contribution in [-0.4, -0.2) is 8.92 Å². The Hall–Kier alpha value is -0.0457. The molecule has 129 valence electrons. The SMILES string of the molecule is CC(C)(C)c1cc(O)cc(Cl)c1.C[C](C)=[Ti+].[C-]1=CC=CC1.[Cl-].[Cl-]. The third-order valence-corrected chi connectivity index (χ3v) is 2.55. The van der Waals surface area contributed by atoms with Gasteiger partial charge in [0.25, 0.3) is 0 Å². The van der Waals surface area contributed by atoms with Crippen molar-refractivity contribution in [3.63, 3.8) is 0 Å². The normalized spacial score (nSPS) is 11.1. The summed E-state index contributed by atoms with van der Waals surface area (Å²) in [6.45, 7) is 10.4. The Morgan fingerprint density at radius 2 is 1.70 bits per heavy atom. The molecule has 0 atom stereocenters. The summed E-state index contributed by atoms with van der Waals surface area (Å²) < 4.78 is 1.42. The van der Waals surface area contributed by atoms with Crippen LogP contribution in [0.1, 0.15) is 46.6 Å². The first-order valence-electron chi connectivity index (χ1n) is 6.86. The van der Waals surface area contributed by atoms with Crippen LogP contribution in [0.4, 0.5) is 0 Å². The van der Waals surface area contributed by atoms with E-state index in [9.17, 15) is 5.11 Å². The van der Waals surface area contributed by atoms with E-state index in [1.165, 1.54) is 9.88 Å². The number of phenolic OH excluding ortho intramolecular Hbond substituents is 1. The van der Waals surface area contributed by atoms with Crippen LogP contribution >= 0.6 is 11.6 Å². The molecule has 0 unspecified atom stereocenters. The predicted octanol–water partition coefficient (Wildman–Crippen LogP) is -0.598. The van der Waals surface area contributed by atoms with E-state index in [0.717, 1.165) is 12.0 Å². The first-order chi connectivity index (χ1) is 9.62. The van der Waals surface area contributed by atoms with Gasteiger partial charge in [-0.25, -0.2) is 12.2 Å². The molecule has 0 bridgehead atoms. The molecule has 0 aromatic heterocycles. The van der Waals surface area contributed by atoms with Crippen LogP contribution in [0.15, 0.2) is 36.4 Å². The number of allylic oxidation sites excluding steroid dienone is 4. The van der Waals surface area contributed by atoms with Crippen LogP contribution in [0.2, 0.25) is 5.02 Å². The van der Waals surface area contributed by atoms with Crippen molar-refractivity contribution in [1.29, 1.82) is 0 Å². The van der Waals surface area contributed by atoms with Gasteiger partial charge in [0.05, 0.1) is 0 Å². The van der Waals surface area contributed by atoms with Gasteiger partial charge < -0.3 is 29.9 Å². The number of halogens is 3. The number of aromatic hydroxyl groups is 1. The second-order valence-electron chi connectivity index (χ2n) is 5.95. The molecule has 0 saturated carbocycles. The molecular formula is C18H24Cl3OTi-2. The molecule has 1 aromatic carbocycles. The molecule has 1 aromatic rings. The zero-order chi connectivity index (χ0) is 16.5. The number of hydrogen-bond acceptors (Lipinski definition) is 1. The van der Waals surface area contributed by atoms with Gasteiger partial charge in [-0.15, -0.1) is 6.42 Å². The van der Waals surface area contributed by atoms with Gasteiger partial charge >= 0.3 is 37.6 Å². The van der Waals surface area contributed by atoms with Crippen molar-refractivity contribution in [2.24, 2.45) is 0 Å².